The second-order valence-corrected chi connectivity index (χ2v) is 6.60. The van der Waals surface area contributed by atoms with Gasteiger partial charge >= 0.3 is 0 Å². The fraction of sp³-hybridized carbons (Fsp3) is 0.733. The van der Waals surface area contributed by atoms with Gasteiger partial charge in [-0.1, -0.05) is 0 Å². The maximum Gasteiger partial charge on any atom is 0.230 e. The topological polar surface area (TPSA) is 37.4 Å². The maximum atomic E-state index is 11.6. The summed E-state index contributed by atoms with van der Waals surface area (Å²) in [4.78, 5) is 24.7. The zero-order valence-corrected chi connectivity index (χ0v) is 11.1. The smallest absolute Gasteiger partial charge is 0.230 e. The monoisotopic (exact) mass is 245 g/mol. The summed E-state index contributed by atoms with van der Waals surface area (Å²) in [5.41, 5.74) is 2.37. The highest BCUT2D eigenvalue weighted by molar-refractivity contribution is 5.95. The third kappa shape index (κ3) is 1.03. The molecule has 5 rings (SSSR count). The van der Waals surface area contributed by atoms with E-state index in [-0.39, 0.29) is 11.8 Å². The van der Waals surface area contributed by atoms with Crippen LogP contribution in [0, 0.1) is 35.5 Å². The Morgan fingerprint density at radius 3 is 2.11 bits per heavy atom. The van der Waals surface area contributed by atoms with Crippen LogP contribution in [0.25, 0.3) is 0 Å². The van der Waals surface area contributed by atoms with Crippen molar-refractivity contribution >= 4 is 11.8 Å². The van der Waals surface area contributed by atoms with Crippen molar-refractivity contribution in [2.75, 3.05) is 0 Å². The second kappa shape index (κ2) is 3.06. The van der Waals surface area contributed by atoms with E-state index in [0.29, 0.717) is 5.92 Å². The summed E-state index contributed by atoms with van der Waals surface area (Å²) in [5.74, 6) is 5.13. The van der Waals surface area contributed by atoms with Gasteiger partial charge in [-0.05, 0) is 60.8 Å². The Morgan fingerprint density at radius 2 is 1.67 bits per heavy atom. The fourth-order valence-corrected chi connectivity index (χ4v) is 5.72. The molecule has 0 aromatic heterocycles. The molecule has 0 saturated heterocycles. The lowest BCUT2D eigenvalue weighted by molar-refractivity contribution is -0.139. The lowest BCUT2D eigenvalue weighted by Gasteiger charge is -2.24. The van der Waals surface area contributed by atoms with Crippen molar-refractivity contribution < 1.29 is 9.59 Å². The Labute approximate surface area is 107 Å². The summed E-state index contributed by atoms with van der Waals surface area (Å²) in [7, 11) is 0. The first-order valence-electron chi connectivity index (χ1n) is 7.03. The molecular formula is C15H19NO2. The summed E-state index contributed by atoms with van der Waals surface area (Å²) in [6, 6.07) is 0. The van der Waals surface area contributed by atoms with Crippen molar-refractivity contribution in [1.29, 1.82) is 0 Å². The van der Waals surface area contributed by atoms with E-state index in [0.717, 1.165) is 41.7 Å². The number of hydrogen-bond donors (Lipinski definition) is 0. The van der Waals surface area contributed by atoms with Crippen molar-refractivity contribution in [3.05, 3.63) is 11.3 Å². The lowest BCUT2D eigenvalue weighted by atomic mass is 9.92. The van der Waals surface area contributed by atoms with Gasteiger partial charge in [0, 0.05) is 19.5 Å². The Bertz CT molecular complexity index is 493. The number of hydrogen-bond acceptors (Lipinski definition) is 2. The molecule has 5 aliphatic rings. The molecule has 5 aliphatic carbocycles. The summed E-state index contributed by atoms with van der Waals surface area (Å²) in [5, 5.41) is 0. The van der Waals surface area contributed by atoms with Gasteiger partial charge in [0.2, 0.25) is 11.8 Å². The zero-order chi connectivity index (χ0) is 12.8. The minimum Gasteiger partial charge on any atom is -0.274 e. The molecule has 6 atom stereocenters. The molecule has 18 heavy (non-hydrogen) atoms. The predicted molar refractivity (Wildman–Crippen MR) is 66.1 cm³/mol. The first-order chi connectivity index (χ1) is 8.52. The molecule has 6 unspecified atom stereocenters. The van der Waals surface area contributed by atoms with E-state index in [1.807, 2.05) is 6.92 Å². The van der Waals surface area contributed by atoms with Gasteiger partial charge < -0.3 is 0 Å². The van der Waals surface area contributed by atoms with Crippen LogP contribution in [0.1, 0.15) is 33.6 Å². The molecule has 0 heterocycles. The van der Waals surface area contributed by atoms with E-state index in [9.17, 15) is 9.59 Å². The highest BCUT2D eigenvalue weighted by Crippen LogP contribution is 2.82. The molecule has 6 bridgehead atoms. The summed E-state index contributed by atoms with van der Waals surface area (Å²) in [6.07, 6.45) is 2.57. The van der Waals surface area contributed by atoms with Crippen LogP contribution < -0.4 is 0 Å². The molecule has 0 aliphatic heterocycles. The normalized spacial score (nSPS) is 48.4. The second-order valence-electron chi connectivity index (χ2n) is 6.60. The largest absolute Gasteiger partial charge is 0.274 e. The van der Waals surface area contributed by atoms with Gasteiger partial charge in [-0.2, -0.15) is 0 Å². The third-order valence-electron chi connectivity index (χ3n) is 6.04. The third-order valence-corrected chi connectivity index (χ3v) is 6.04. The Kier molecular flexibility index (Phi) is 1.83. The van der Waals surface area contributed by atoms with Crippen molar-refractivity contribution in [2.45, 2.75) is 33.6 Å². The van der Waals surface area contributed by atoms with Crippen LogP contribution in [0.3, 0.4) is 0 Å². The van der Waals surface area contributed by atoms with Crippen LogP contribution in [0.15, 0.2) is 11.3 Å². The summed E-state index contributed by atoms with van der Waals surface area (Å²) < 4.78 is 0. The first kappa shape index (κ1) is 10.8. The quantitative estimate of drug-likeness (QED) is 0.710. The molecule has 2 amide bonds. The van der Waals surface area contributed by atoms with Gasteiger partial charge in [-0.25, -0.2) is 0 Å². The number of nitrogens with zero attached hydrogens (tertiary/aromatic N) is 1. The number of carbonyl (C=O) groups excluding carboxylic acids is 2. The summed E-state index contributed by atoms with van der Waals surface area (Å²) in [6.45, 7) is 4.94. The Hall–Kier alpha value is -1.12. The van der Waals surface area contributed by atoms with Crippen LogP contribution in [-0.2, 0) is 9.59 Å². The predicted octanol–water partition coefficient (Wildman–Crippen LogP) is 2.19. The number of rotatable bonds is 1. The van der Waals surface area contributed by atoms with Crippen molar-refractivity contribution in [1.82, 2.24) is 4.90 Å². The Morgan fingerprint density at radius 1 is 1.00 bits per heavy atom. The van der Waals surface area contributed by atoms with Crippen LogP contribution >= 0.6 is 0 Å². The minimum atomic E-state index is -0.144. The standard InChI is InChI=1S/C15H19NO2/c1-6(16(7(2)17)8(3)18)9-4-10-11-5-12-14(10)15(12)13(9)11/h10-15H,4-5H2,1-3H3. The molecule has 3 nitrogen and oxygen atoms in total. The van der Waals surface area contributed by atoms with Crippen LogP contribution in [-0.4, -0.2) is 16.7 Å². The average molecular weight is 245 g/mol. The fourth-order valence-electron chi connectivity index (χ4n) is 5.72. The summed E-state index contributed by atoms with van der Waals surface area (Å²) >= 11 is 0. The van der Waals surface area contributed by atoms with Gasteiger partial charge in [0.25, 0.3) is 0 Å². The van der Waals surface area contributed by atoms with Gasteiger partial charge in [-0.15, -0.1) is 0 Å². The number of amides is 2. The molecule has 0 aromatic rings. The van der Waals surface area contributed by atoms with Gasteiger partial charge in [0.05, 0.1) is 0 Å². The van der Waals surface area contributed by atoms with Gasteiger partial charge in [0.15, 0.2) is 0 Å². The minimum absolute atomic E-state index is 0.144. The average Bonchev–Trinajstić information content (AvgIpc) is 2.67. The number of imide groups is 1. The number of allylic oxidation sites excluding steroid dienone is 2. The van der Waals surface area contributed by atoms with E-state index < -0.39 is 0 Å². The molecule has 0 N–H and O–H groups in total. The van der Waals surface area contributed by atoms with Crippen LogP contribution in [0.2, 0.25) is 0 Å². The highest BCUT2D eigenvalue weighted by Gasteiger charge is 2.76. The highest BCUT2D eigenvalue weighted by atomic mass is 16.2. The molecule has 3 heteroatoms. The van der Waals surface area contributed by atoms with Crippen molar-refractivity contribution in [3.8, 4) is 0 Å². The van der Waals surface area contributed by atoms with Crippen molar-refractivity contribution in [3.63, 3.8) is 0 Å². The van der Waals surface area contributed by atoms with Crippen LogP contribution in [0.5, 0.6) is 0 Å². The molecule has 0 aromatic carbocycles. The van der Waals surface area contributed by atoms with Crippen LogP contribution in [0.4, 0.5) is 0 Å². The molecule has 5 fully saturated rings. The van der Waals surface area contributed by atoms with E-state index in [2.05, 4.69) is 0 Å². The molecule has 0 radical (unpaired) electrons. The first-order valence-corrected chi connectivity index (χ1v) is 7.03. The molecular weight excluding hydrogens is 226 g/mol. The maximum absolute atomic E-state index is 11.6. The van der Waals surface area contributed by atoms with Gasteiger partial charge in [0.1, 0.15) is 0 Å². The molecule has 0 spiro atoms. The van der Waals surface area contributed by atoms with Gasteiger partial charge in [-0.3, -0.25) is 14.5 Å². The van der Waals surface area contributed by atoms with E-state index in [1.54, 1.807) is 0 Å². The number of carbonyl (C=O) groups is 2. The SMILES string of the molecule is CC(=O)N(C(C)=O)C(C)=C1CC2C3CC4C2C4C13. The molecule has 96 valence electrons. The lowest BCUT2D eigenvalue weighted by Crippen LogP contribution is -2.33. The molecule has 5 saturated carbocycles. The van der Waals surface area contributed by atoms with Crippen molar-refractivity contribution in [2.24, 2.45) is 35.5 Å². The van der Waals surface area contributed by atoms with E-state index in [1.165, 1.54) is 30.7 Å². The zero-order valence-electron chi connectivity index (χ0n) is 11.1. The van der Waals surface area contributed by atoms with E-state index >= 15 is 0 Å². The van der Waals surface area contributed by atoms with E-state index in [4.69, 9.17) is 0 Å². The Balaban J connectivity index is 1.72.